The lowest BCUT2D eigenvalue weighted by Gasteiger charge is -2.13. The van der Waals surface area contributed by atoms with Crippen LogP contribution in [0.1, 0.15) is 22.3 Å². The van der Waals surface area contributed by atoms with E-state index in [0.29, 0.717) is 23.6 Å². The Labute approximate surface area is 209 Å². The highest BCUT2D eigenvalue weighted by atomic mass is 16.6. The number of hydrogen-bond donors (Lipinski definition) is 1. The van der Waals surface area contributed by atoms with Crippen LogP contribution in [0.4, 0.5) is 5.69 Å². The van der Waals surface area contributed by atoms with Gasteiger partial charge in [0.05, 0.1) is 32.6 Å². The molecule has 0 saturated carbocycles. The zero-order valence-corrected chi connectivity index (χ0v) is 20.1. The van der Waals surface area contributed by atoms with E-state index in [2.05, 4.69) is 26.9 Å². The highest BCUT2D eigenvalue weighted by Crippen LogP contribution is 2.27. The molecular formula is C28H27NO7. The van der Waals surface area contributed by atoms with E-state index in [1.54, 1.807) is 42.5 Å². The molecular weight excluding hydrogens is 462 g/mol. The molecule has 186 valence electrons. The average Bonchev–Trinajstić information content (AvgIpc) is 2.92. The van der Waals surface area contributed by atoms with Gasteiger partial charge in [-0.15, -0.1) is 0 Å². The van der Waals surface area contributed by atoms with Gasteiger partial charge in [0, 0.05) is 5.56 Å². The van der Waals surface area contributed by atoms with E-state index in [-0.39, 0.29) is 11.5 Å². The lowest BCUT2D eigenvalue weighted by Crippen LogP contribution is -2.16. The first-order valence-corrected chi connectivity index (χ1v) is 11.2. The fraction of sp³-hybridized carbons (Fsp3) is 0.179. The van der Waals surface area contributed by atoms with Gasteiger partial charge in [0.1, 0.15) is 5.75 Å². The summed E-state index contributed by atoms with van der Waals surface area (Å²) in [4.78, 5) is 36.4. The number of carbonyl (C=O) groups excluding carboxylic acids is 3. The number of benzene rings is 3. The molecule has 0 aromatic heterocycles. The summed E-state index contributed by atoms with van der Waals surface area (Å²) >= 11 is 0. The third-order valence-corrected chi connectivity index (χ3v) is 5.03. The highest BCUT2D eigenvalue weighted by molar-refractivity contribution is 6.05. The van der Waals surface area contributed by atoms with Gasteiger partial charge in [0.15, 0.2) is 5.75 Å². The second kappa shape index (κ2) is 13.3. The van der Waals surface area contributed by atoms with E-state index in [1.165, 1.54) is 18.7 Å². The molecule has 3 aromatic rings. The Kier molecular flexibility index (Phi) is 9.64. The molecule has 0 aliphatic heterocycles. The van der Waals surface area contributed by atoms with Gasteiger partial charge in [-0.25, -0.2) is 9.59 Å². The fourth-order valence-corrected chi connectivity index (χ4v) is 3.18. The van der Waals surface area contributed by atoms with Crippen LogP contribution >= 0.6 is 0 Å². The Balaban J connectivity index is 1.60. The number of esters is 2. The van der Waals surface area contributed by atoms with Crippen molar-refractivity contribution < 1.29 is 33.3 Å². The second-order valence-electron chi connectivity index (χ2n) is 7.54. The highest BCUT2D eigenvalue weighted by Gasteiger charge is 2.18. The molecule has 0 saturated heterocycles. The summed E-state index contributed by atoms with van der Waals surface area (Å²) in [6.45, 7) is 0.562. The summed E-state index contributed by atoms with van der Waals surface area (Å²) in [6, 6.07) is 23.4. The van der Waals surface area contributed by atoms with Crippen molar-refractivity contribution in [3.8, 4) is 11.5 Å². The van der Waals surface area contributed by atoms with Crippen molar-refractivity contribution in [1.29, 1.82) is 0 Å². The predicted molar refractivity (Wildman–Crippen MR) is 134 cm³/mol. The van der Waals surface area contributed by atoms with Crippen molar-refractivity contribution in [1.82, 2.24) is 0 Å². The average molecular weight is 490 g/mol. The summed E-state index contributed by atoms with van der Waals surface area (Å²) in [5.41, 5.74) is 1.96. The van der Waals surface area contributed by atoms with Crippen LogP contribution in [0.25, 0.3) is 0 Å². The lowest BCUT2D eigenvalue weighted by atomic mass is 10.1. The number of anilines is 1. The summed E-state index contributed by atoms with van der Waals surface area (Å²) in [7, 11) is 2.32. The number of hydrogen-bond acceptors (Lipinski definition) is 7. The molecule has 0 bridgehead atoms. The molecule has 3 rings (SSSR count). The van der Waals surface area contributed by atoms with Gasteiger partial charge in [-0.3, -0.25) is 4.79 Å². The van der Waals surface area contributed by atoms with Gasteiger partial charge in [0.2, 0.25) is 5.76 Å². The van der Waals surface area contributed by atoms with Gasteiger partial charge in [-0.05, 0) is 54.8 Å². The quantitative estimate of drug-likeness (QED) is 0.182. The Hall–Kier alpha value is -4.59. The first-order valence-electron chi connectivity index (χ1n) is 11.2. The van der Waals surface area contributed by atoms with Crippen LogP contribution in [0, 0.1) is 0 Å². The monoisotopic (exact) mass is 489 g/mol. The normalized spacial score (nSPS) is 10.8. The van der Waals surface area contributed by atoms with Gasteiger partial charge in [-0.1, -0.05) is 42.5 Å². The summed E-state index contributed by atoms with van der Waals surface area (Å²) in [5, 5.41) is 2.75. The number of rotatable bonds is 11. The SMILES string of the molecule is COC(=O)/C=C(/Oc1ccccc1NC(=O)c1ccc(OCCCc2ccccc2)cc1)C(=O)OC. The van der Waals surface area contributed by atoms with Gasteiger partial charge in [-0.2, -0.15) is 0 Å². The number of para-hydroxylation sites is 2. The lowest BCUT2D eigenvalue weighted by molar-refractivity contribution is -0.140. The predicted octanol–water partition coefficient (Wildman–Crippen LogP) is 4.56. The van der Waals surface area contributed by atoms with Crippen molar-refractivity contribution in [3.05, 3.63) is 102 Å². The number of nitrogens with one attached hydrogen (secondary N) is 1. The molecule has 8 nitrogen and oxygen atoms in total. The van der Waals surface area contributed by atoms with Crippen molar-refractivity contribution in [2.45, 2.75) is 12.8 Å². The molecule has 0 aliphatic carbocycles. The molecule has 0 aliphatic rings. The van der Waals surface area contributed by atoms with E-state index in [1.807, 2.05) is 18.2 Å². The molecule has 1 amide bonds. The molecule has 0 unspecified atom stereocenters. The molecule has 0 fully saturated rings. The van der Waals surface area contributed by atoms with Crippen molar-refractivity contribution >= 4 is 23.5 Å². The molecule has 36 heavy (non-hydrogen) atoms. The van der Waals surface area contributed by atoms with Gasteiger partial charge in [0.25, 0.3) is 5.91 Å². The van der Waals surface area contributed by atoms with E-state index in [9.17, 15) is 14.4 Å². The molecule has 3 aromatic carbocycles. The van der Waals surface area contributed by atoms with Gasteiger partial charge < -0.3 is 24.3 Å². The van der Waals surface area contributed by atoms with Crippen molar-refractivity contribution in [3.63, 3.8) is 0 Å². The fourth-order valence-electron chi connectivity index (χ4n) is 3.18. The zero-order chi connectivity index (χ0) is 25.8. The van der Waals surface area contributed by atoms with E-state index in [0.717, 1.165) is 26.0 Å². The largest absolute Gasteiger partial charge is 0.494 e. The minimum Gasteiger partial charge on any atom is -0.494 e. The Morgan fingerprint density at radius 3 is 2.22 bits per heavy atom. The molecule has 8 heteroatoms. The summed E-state index contributed by atoms with van der Waals surface area (Å²) in [6.07, 6.45) is 2.67. The smallest absolute Gasteiger partial charge is 0.374 e. The first-order chi connectivity index (χ1) is 17.5. The maximum atomic E-state index is 12.8. The van der Waals surface area contributed by atoms with Crippen molar-refractivity contribution in [2.75, 3.05) is 26.1 Å². The van der Waals surface area contributed by atoms with Crippen LogP contribution in [0.5, 0.6) is 11.5 Å². The third kappa shape index (κ3) is 7.73. The standard InChI is InChI=1S/C28H27NO7/c1-33-26(30)19-25(28(32)34-2)36-24-13-7-6-12-23(24)29-27(31)21-14-16-22(17-15-21)35-18-8-11-20-9-4-3-5-10-20/h3-7,9-10,12-17,19H,8,11,18H2,1-2H3,(H,29,31)/b25-19+. The minimum atomic E-state index is -0.874. The number of ether oxygens (including phenoxy) is 4. The van der Waals surface area contributed by atoms with Crippen LogP contribution in [-0.4, -0.2) is 38.7 Å². The maximum Gasteiger partial charge on any atom is 0.374 e. The Morgan fingerprint density at radius 1 is 0.833 bits per heavy atom. The van der Waals surface area contributed by atoms with Gasteiger partial charge >= 0.3 is 11.9 Å². The second-order valence-corrected chi connectivity index (χ2v) is 7.54. The number of amides is 1. The Bertz CT molecular complexity index is 1200. The van der Waals surface area contributed by atoms with Crippen LogP contribution < -0.4 is 14.8 Å². The zero-order valence-electron chi connectivity index (χ0n) is 20.1. The number of carbonyl (C=O) groups is 3. The van der Waals surface area contributed by atoms with E-state index < -0.39 is 17.8 Å². The van der Waals surface area contributed by atoms with Crippen LogP contribution in [0.3, 0.4) is 0 Å². The topological polar surface area (TPSA) is 100 Å². The van der Waals surface area contributed by atoms with Crippen molar-refractivity contribution in [2.24, 2.45) is 0 Å². The molecule has 0 heterocycles. The first kappa shape index (κ1) is 26.0. The van der Waals surface area contributed by atoms with E-state index in [4.69, 9.17) is 9.47 Å². The maximum absolute atomic E-state index is 12.8. The molecule has 0 atom stereocenters. The van der Waals surface area contributed by atoms with Crippen LogP contribution in [-0.2, 0) is 25.5 Å². The number of methoxy groups -OCH3 is 2. The molecule has 0 spiro atoms. The number of aryl methyl sites for hydroxylation is 1. The van der Waals surface area contributed by atoms with E-state index >= 15 is 0 Å². The molecule has 0 radical (unpaired) electrons. The minimum absolute atomic E-state index is 0.143. The third-order valence-electron chi connectivity index (χ3n) is 5.03. The van der Waals surface area contributed by atoms with Crippen LogP contribution in [0.2, 0.25) is 0 Å². The summed E-state index contributed by atoms with van der Waals surface area (Å²) in [5.74, 6) is -1.64. The molecule has 1 N–H and O–H groups in total. The van der Waals surface area contributed by atoms with Crippen LogP contribution in [0.15, 0.2) is 90.7 Å². The summed E-state index contributed by atoms with van der Waals surface area (Å²) < 4.78 is 20.5. The Morgan fingerprint density at radius 2 is 1.53 bits per heavy atom.